The van der Waals surface area contributed by atoms with Crippen LogP contribution in [0.4, 0.5) is 10.6 Å². The average Bonchev–Trinajstić information content (AvgIpc) is 2.51. The Balaban J connectivity index is 2.16. The summed E-state index contributed by atoms with van der Waals surface area (Å²) < 4.78 is 33.3. The molecule has 2 rings (SSSR count). The first kappa shape index (κ1) is 21.7. The minimum absolute atomic E-state index is 0.0385. The molecule has 2 aromatic rings. The maximum atomic E-state index is 12.1. The third kappa shape index (κ3) is 6.53. The number of nitrogens with zero attached hydrogens (tertiary/aromatic N) is 1. The Morgan fingerprint density at radius 1 is 0.964 bits per heavy atom. The van der Waals surface area contributed by atoms with Crippen LogP contribution < -0.4 is 9.44 Å². The second kappa shape index (κ2) is 7.79. The fraction of sp³-hybridized carbons (Fsp3) is 0.400. The molecule has 1 aromatic heterocycles. The van der Waals surface area contributed by atoms with Gasteiger partial charge < -0.3 is 4.74 Å². The molecule has 2 N–H and O–H groups in total. The SMILES string of the molecule is CC(C)(C)OC(=O)NS(=O)(=O)Nc1cccc(-c2ccc(C(C)(C)C)cc2)n1. The quantitative estimate of drug-likeness (QED) is 0.793. The number of aromatic nitrogens is 1. The lowest BCUT2D eigenvalue weighted by atomic mass is 9.86. The molecule has 152 valence electrons. The summed E-state index contributed by atoms with van der Waals surface area (Å²) in [5.74, 6) is 0.0912. The van der Waals surface area contributed by atoms with E-state index in [1.54, 1.807) is 37.6 Å². The lowest BCUT2D eigenvalue weighted by Crippen LogP contribution is -2.39. The molecule has 8 heteroatoms. The van der Waals surface area contributed by atoms with Gasteiger partial charge in [-0.15, -0.1) is 0 Å². The van der Waals surface area contributed by atoms with Crippen LogP contribution in [0.5, 0.6) is 0 Å². The number of benzene rings is 1. The maximum Gasteiger partial charge on any atom is 0.422 e. The van der Waals surface area contributed by atoms with Crippen molar-refractivity contribution in [2.75, 3.05) is 4.72 Å². The number of pyridine rings is 1. The number of amides is 1. The second-order valence-corrected chi connectivity index (χ2v) is 9.86. The van der Waals surface area contributed by atoms with Gasteiger partial charge in [0.15, 0.2) is 0 Å². The van der Waals surface area contributed by atoms with Crippen molar-refractivity contribution in [1.29, 1.82) is 0 Å². The minimum Gasteiger partial charge on any atom is -0.443 e. The molecule has 0 unspecified atom stereocenters. The molecule has 1 heterocycles. The number of carbonyl (C=O) groups is 1. The first-order chi connectivity index (χ1) is 12.8. The third-order valence-electron chi connectivity index (χ3n) is 3.65. The summed E-state index contributed by atoms with van der Waals surface area (Å²) in [7, 11) is -4.17. The monoisotopic (exact) mass is 405 g/mol. The van der Waals surface area contributed by atoms with Gasteiger partial charge in [0.25, 0.3) is 0 Å². The fourth-order valence-corrected chi connectivity index (χ4v) is 3.07. The van der Waals surface area contributed by atoms with E-state index < -0.39 is 21.9 Å². The van der Waals surface area contributed by atoms with Crippen molar-refractivity contribution in [2.24, 2.45) is 0 Å². The Labute approximate surface area is 166 Å². The number of anilines is 1. The summed E-state index contributed by atoms with van der Waals surface area (Å²) in [4.78, 5) is 16.0. The molecule has 0 aliphatic heterocycles. The Bertz CT molecular complexity index is 941. The van der Waals surface area contributed by atoms with E-state index in [9.17, 15) is 13.2 Å². The van der Waals surface area contributed by atoms with Crippen molar-refractivity contribution < 1.29 is 17.9 Å². The highest BCUT2D eigenvalue weighted by atomic mass is 32.2. The summed E-state index contributed by atoms with van der Waals surface area (Å²) in [6.45, 7) is 11.3. The van der Waals surface area contributed by atoms with Crippen molar-refractivity contribution in [1.82, 2.24) is 9.71 Å². The van der Waals surface area contributed by atoms with Gasteiger partial charge in [-0.2, -0.15) is 8.42 Å². The summed E-state index contributed by atoms with van der Waals surface area (Å²) >= 11 is 0. The predicted octanol–water partition coefficient (Wildman–Crippen LogP) is 4.23. The molecule has 7 nitrogen and oxygen atoms in total. The molecule has 0 atom stereocenters. The molecule has 1 amide bonds. The van der Waals surface area contributed by atoms with E-state index in [2.05, 4.69) is 30.5 Å². The zero-order valence-corrected chi connectivity index (χ0v) is 17.8. The topological polar surface area (TPSA) is 97.4 Å². The number of hydrogen-bond acceptors (Lipinski definition) is 5. The van der Waals surface area contributed by atoms with Crippen LogP contribution in [0.1, 0.15) is 47.1 Å². The molecule has 0 aliphatic rings. The van der Waals surface area contributed by atoms with Gasteiger partial charge in [-0.3, -0.25) is 4.72 Å². The number of rotatable bonds is 4. The highest BCUT2D eigenvalue weighted by Gasteiger charge is 2.21. The van der Waals surface area contributed by atoms with Gasteiger partial charge in [0, 0.05) is 5.56 Å². The zero-order chi connectivity index (χ0) is 21.2. The number of ether oxygens (including phenoxy) is 1. The van der Waals surface area contributed by atoms with Gasteiger partial charge in [0.2, 0.25) is 0 Å². The fourth-order valence-electron chi connectivity index (χ4n) is 2.37. The molecular weight excluding hydrogens is 378 g/mol. The van der Waals surface area contributed by atoms with Crippen molar-refractivity contribution in [3.05, 3.63) is 48.0 Å². The van der Waals surface area contributed by atoms with Crippen molar-refractivity contribution in [3.8, 4) is 11.3 Å². The Hall–Kier alpha value is -2.61. The number of carbonyl (C=O) groups excluding carboxylic acids is 1. The van der Waals surface area contributed by atoms with Crippen LogP contribution in [0.25, 0.3) is 11.3 Å². The van der Waals surface area contributed by atoms with Crippen LogP contribution in [0.2, 0.25) is 0 Å². The van der Waals surface area contributed by atoms with Crippen LogP contribution in [-0.2, 0) is 20.4 Å². The highest BCUT2D eigenvalue weighted by Crippen LogP contribution is 2.26. The van der Waals surface area contributed by atoms with Gasteiger partial charge in [-0.05, 0) is 43.9 Å². The largest absolute Gasteiger partial charge is 0.443 e. The second-order valence-electron chi connectivity index (χ2n) is 8.44. The molecule has 0 radical (unpaired) electrons. The summed E-state index contributed by atoms with van der Waals surface area (Å²) in [5, 5.41) is 0. The van der Waals surface area contributed by atoms with Gasteiger partial charge in [-0.1, -0.05) is 51.1 Å². The van der Waals surface area contributed by atoms with Crippen molar-refractivity contribution >= 4 is 22.1 Å². The van der Waals surface area contributed by atoms with Crippen LogP contribution in [0, 0.1) is 0 Å². The van der Waals surface area contributed by atoms with E-state index in [0.29, 0.717) is 5.69 Å². The van der Waals surface area contributed by atoms with Gasteiger partial charge in [-0.25, -0.2) is 14.5 Å². The molecule has 28 heavy (non-hydrogen) atoms. The average molecular weight is 406 g/mol. The Kier molecular flexibility index (Phi) is 6.03. The van der Waals surface area contributed by atoms with E-state index in [1.165, 1.54) is 11.6 Å². The van der Waals surface area contributed by atoms with Crippen molar-refractivity contribution in [2.45, 2.75) is 52.6 Å². The maximum absolute atomic E-state index is 12.1. The number of hydrogen-bond donors (Lipinski definition) is 2. The van der Waals surface area contributed by atoms with E-state index in [0.717, 1.165) is 5.56 Å². The van der Waals surface area contributed by atoms with Crippen LogP contribution in [-0.4, -0.2) is 25.1 Å². The van der Waals surface area contributed by atoms with Gasteiger partial charge in [0.1, 0.15) is 11.4 Å². The molecule has 0 saturated heterocycles. The first-order valence-electron chi connectivity index (χ1n) is 8.87. The number of nitrogens with one attached hydrogen (secondary N) is 2. The smallest absolute Gasteiger partial charge is 0.422 e. The highest BCUT2D eigenvalue weighted by molar-refractivity contribution is 7.91. The molecule has 0 aliphatic carbocycles. The predicted molar refractivity (Wildman–Crippen MR) is 110 cm³/mol. The first-order valence-corrected chi connectivity index (χ1v) is 10.3. The lowest BCUT2D eigenvalue weighted by Gasteiger charge is -2.20. The van der Waals surface area contributed by atoms with Gasteiger partial charge in [0.05, 0.1) is 5.69 Å². The van der Waals surface area contributed by atoms with E-state index in [-0.39, 0.29) is 11.2 Å². The molecule has 0 fully saturated rings. The Morgan fingerprint density at radius 2 is 1.57 bits per heavy atom. The van der Waals surface area contributed by atoms with Crippen LogP contribution in [0.3, 0.4) is 0 Å². The normalized spacial score (nSPS) is 12.4. The molecule has 1 aromatic carbocycles. The van der Waals surface area contributed by atoms with Crippen LogP contribution >= 0.6 is 0 Å². The van der Waals surface area contributed by atoms with Crippen molar-refractivity contribution in [3.63, 3.8) is 0 Å². The summed E-state index contributed by atoms with van der Waals surface area (Å²) in [5.41, 5.74) is 1.88. The van der Waals surface area contributed by atoms with Crippen LogP contribution in [0.15, 0.2) is 42.5 Å². The molecule has 0 saturated carbocycles. The standard InChI is InChI=1S/C20H27N3O4S/c1-19(2,3)15-12-10-14(11-13-15)16-8-7-9-17(21-16)22-28(25,26)23-18(24)27-20(4,5)6/h7-13H,1-6H3,(H,21,22)(H,23,24). The minimum atomic E-state index is -4.17. The van der Waals surface area contributed by atoms with Gasteiger partial charge >= 0.3 is 16.3 Å². The molecular formula is C20H27N3O4S. The lowest BCUT2D eigenvalue weighted by molar-refractivity contribution is 0.0570. The zero-order valence-electron chi connectivity index (χ0n) is 17.0. The Morgan fingerprint density at radius 3 is 2.11 bits per heavy atom. The molecule has 0 bridgehead atoms. The summed E-state index contributed by atoms with van der Waals surface area (Å²) in [6, 6.07) is 12.9. The summed E-state index contributed by atoms with van der Waals surface area (Å²) in [6.07, 6.45) is -1.06. The van der Waals surface area contributed by atoms with E-state index in [1.807, 2.05) is 24.3 Å². The van der Waals surface area contributed by atoms with E-state index in [4.69, 9.17) is 4.74 Å². The molecule has 0 spiro atoms. The third-order valence-corrected chi connectivity index (χ3v) is 4.56. The van der Waals surface area contributed by atoms with E-state index >= 15 is 0 Å².